The fourth-order valence-electron chi connectivity index (χ4n) is 3.67. The third-order valence-corrected chi connectivity index (χ3v) is 5.42. The molecular formula is C21H30N4O4. The van der Waals surface area contributed by atoms with Crippen LogP contribution in [0.4, 0.5) is 5.69 Å². The van der Waals surface area contributed by atoms with Crippen molar-refractivity contribution in [1.82, 2.24) is 15.1 Å². The Morgan fingerprint density at radius 1 is 1.14 bits per heavy atom. The van der Waals surface area contributed by atoms with Gasteiger partial charge in [-0.25, -0.2) is 9.69 Å². The Morgan fingerprint density at radius 2 is 1.83 bits per heavy atom. The predicted molar refractivity (Wildman–Crippen MR) is 110 cm³/mol. The Bertz CT molecular complexity index is 729. The highest BCUT2D eigenvalue weighted by atomic mass is 16.5. The number of imide groups is 1. The van der Waals surface area contributed by atoms with Gasteiger partial charge in [0.05, 0.1) is 30.3 Å². The highest BCUT2D eigenvalue weighted by Gasteiger charge is 2.39. The van der Waals surface area contributed by atoms with E-state index in [0.717, 1.165) is 39.1 Å². The van der Waals surface area contributed by atoms with Crippen LogP contribution in [-0.2, 0) is 14.3 Å². The van der Waals surface area contributed by atoms with Gasteiger partial charge in [0.25, 0.3) is 5.91 Å². The standard InChI is InChI=1S/C21H30N4O4/c1-3-29-21(28)16-5-7-17(8-6-16)25-19(26)15-18(20(25)27)22-9-4-10-24-13-11-23(2)12-14-24/h5-8,18,22H,3-4,9-15H2,1-2H3/t18-/m0/s1. The van der Waals surface area contributed by atoms with Crippen LogP contribution in [0.15, 0.2) is 24.3 Å². The monoisotopic (exact) mass is 402 g/mol. The number of likely N-dealkylation sites (N-methyl/N-ethyl adjacent to an activating group) is 1. The lowest BCUT2D eigenvalue weighted by atomic mass is 10.2. The van der Waals surface area contributed by atoms with E-state index in [4.69, 9.17) is 4.74 Å². The topological polar surface area (TPSA) is 82.2 Å². The van der Waals surface area contributed by atoms with Crippen molar-refractivity contribution in [3.05, 3.63) is 29.8 Å². The number of nitrogens with zero attached hydrogens (tertiary/aromatic N) is 3. The number of carbonyl (C=O) groups is 3. The first-order valence-electron chi connectivity index (χ1n) is 10.3. The average Bonchev–Trinajstić information content (AvgIpc) is 3.00. The predicted octanol–water partition coefficient (Wildman–Crippen LogP) is 0.722. The molecular weight excluding hydrogens is 372 g/mol. The van der Waals surface area contributed by atoms with E-state index in [1.54, 1.807) is 31.2 Å². The summed E-state index contributed by atoms with van der Waals surface area (Å²) >= 11 is 0. The smallest absolute Gasteiger partial charge is 0.338 e. The number of amides is 2. The Morgan fingerprint density at radius 3 is 2.48 bits per heavy atom. The highest BCUT2D eigenvalue weighted by molar-refractivity contribution is 6.22. The maximum atomic E-state index is 12.7. The van der Waals surface area contributed by atoms with Gasteiger partial charge < -0.3 is 19.9 Å². The molecule has 158 valence electrons. The Hall–Kier alpha value is -2.29. The second kappa shape index (κ2) is 9.96. The molecule has 1 aromatic rings. The van der Waals surface area contributed by atoms with Crippen molar-refractivity contribution in [2.24, 2.45) is 0 Å². The number of piperazine rings is 1. The molecule has 1 aromatic carbocycles. The van der Waals surface area contributed by atoms with Crippen LogP contribution in [0, 0.1) is 0 Å². The summed E-state index contributed by atoms with van der Waals surface area (Å²) in [5.41, 5.74) is 0.878. The van der Waals surface area contributed by atoms with E-state index < -0.39 is 12.0 Å². The van der Waals surface area contributed by atoms with Gasteiger partial charge >= 0.3 is 5.97 Å². The van der Waals surface area contributed by atoms with E-state index >= 15 is 0 Å². The first-order valence-corrected chi connectivity index (χ1v) is 10.3. The van der Waals surface area contributed by atoms with Gasteiger partial charge in [-0.1, -0.05) is 0 Å². The molecule has 29 heavy (non-hydrogen) atoms. The van der Waals surface area contributed by atoms with Gasteiger partial charge in [0.2, 0.25) is 5.91 Å². The van der Waals surface area contributed by atoms with Crippen molar-refractivity contribution in [3.63, 3.8) is 0 Å². The fourth-order valence-corrected chi connectivity index (χ4v) is 3.67. The van der Waals surface area contributed by atoms with Crippen LogP contribution in [0.25, 0.3) is 0 Å². The lowest BCUT2D eigenvalue weighted by Crippen LogP contribution is -2.45. The average molecular weight is 402 g/mol. The van der Waals surface area contributed by atoms with Crippen molar-refractivity contribution in [3.8, 4) is 0 Å². The molecule has 2 aliphatic rings. The minimum atomic E-state index is -0.486. The van der Waals surface area contributed by atoms with Crippen molar-refractivity contribution in [2.75, 3.05) is 57.8 Å². The number of anilines is 1. The molecule has 2 fully saturated rings. The molecule has 3 rings (SSSR count). The van der Waals surface area contributed by atoms with Crippen LogP contribution in [0.2, 0.25) is 0 Å². The summed E-state index contributed by atoms with van der Waals surface area (Å²) < 4.78 is 4.95. The van der Waals surface area contributed by atoms with Crippen molar-refractivity contribution >= 4 is 23.5 Å². The highest BCUT2D eigenvalue weighted by Crippen LogP contribution is 2.23. The zero-order valence-electron chi connectivity index (χ0n) is 17.2. The van der Waals surface area contributed by atoms with Crippen molar-refractivity contribution in [2.45, 2.75) is 25.8 Å². The lowest BCUT2D eigenvalue weighted by molar-refractivity contribution is -0.121. The third kappa shape index (κ3) is 5.41. The summed E-state index contributed by atoms with van der Waals surface area (Å²) in [7, 11) is 2.14. The van der Waals surface area contributed by atoms with Crippen LogP contribution >= 0.6 is 0 Å². The van der Waals surface area contributed by atoms with Gasteiger partial charge in [-0.3, -0.25) is 9.59 Å². The first-order chi connectivity index (χ1) is 14.0. The number of hydrogen-bond donors (Lipinski definition) is 1. The minimum absolute atomic E-state index is 0.160. The number of hydrogen-bond acceptors (Lipinski definition) is 7. The summed E-state index contributed by atoms with van der Waals surface area (Å²) in [5.74, 6) is -0.882. The van der Waals surface area contributed by atoms with E-state index in [1.165, 1.54) is 4.90 Å². The van der Waals surface area contributed by atoms with Gasteiger partial charge in [-0.15, -0.1) is 0 Å². The number of benzene rings is 1. The molecule has 2 saturated heterocycles. The van der Waals surface area contributed by atoms with E-state index in [1.807, 2.05) is 0 Å². The van der Waals surface area contributed by atoms with Crippen LogP contribution in [0.5, 0.6) is 0 Å². The number of esters is 1. The number of rotatable bonds is 8. The molecule has 1 N–H and O–H groups in total. The fraction of sp³-hybridized carbons (Fsp3) is 0.571. The molecule has 0 bridgehead atoms. The minimum Gasteiger partial charge on any atom is -0.462 e. The second-order valence-electron chi connectivity index (χ2n) is 7.54. The van der Waals surface area contributed by atoms with Crippen LogP contribution < -0.4 is 10.2 Å². The molecule has 1 atom stereocenters. The van der Waals surface area contributed by atoms with Gasteiger partial charge in [0, 0.05) is 26.2 Å². The molecule has 0 unspecified atom stereocenters. The second-order valence-corrected chi connectivity index (χ2v) is 7.54. The Labute approximate surface area is 171 Å². The molecule has 8 nitrogen and oxygen atoms in total. The molecule has 0 spiro atoms. The number of ether oxygens (including phenoxy) is 1. The summed E-state index contributed by atoms with van der Waals surface area (Å²) in [5, 5.41) is 3.23. The lowest BCUT2D eigenvalue weighted by Gasteiger charge is -2.32. The Balaban J connectivity index is 1.48. The first kappa shape index (κ1) is 21.4. The van der Waals surface area contributed by atoms with Gasteiger partial charge in [0.1, 0.15) is 0 Å². The van der Waals surface area contributed by atoms with Crippen molar-refractivity contribution in [1.29, 1.82) is 0 Å². The van der Waals surface area contributed by atoms with Crippen molar-refractivity contribution < 1.29 is 19.1 Å². The maximum absolute atomic E-state index is 12.7. The molecule has 0 radical (unpaired) electrons. The zero-order chi connectivity index (χ0) is 20.8. The van der Waals surface area contributed by atoms with E-state index in [-0.39, 0.29) is 18.2 Å². The largest absolute Gasteiger partial charge is 0.462 e. The van der Waals surface area contributed by atoms with Crippen LogP contribution in [-0.4, -0.2) is 86.5 Å². The number of nitrogens with one attached hydrogen (secondary N) is 1. The Kier molecular flexibility index (Phi) is 7.35. The summed E-state index contributed by atoms with van der Waals surface area (Å²) in [6, 6.07) is 5.88. The van der Waals surface area contributed by atoms with Gasteiger partial charge in [-0.2, -0.15) is 0 Å². The normalized spacial score (nSPS) is 21.0. The van der Waals surface area contributed by atoms with Crippen LogP contribution in [0.3, 0.4) is 0 Å². The molecule has 0 aromatic heterocycles. The summed E-state index contributed by atoms with van der Waals surface area (Å²) in [4.78, 5) is 42.8. The van der Waals surface area contributed by atoms with Gasteiger partial charge in [-0.05, 0) is 57.7 Å². The quantitative estimate of drug-likeness (QED) is 0.390. The maximum Gasteiger partial charge on any atom is 0.338 e. The zero-order valence-corrected chi connectivity index (χ0v) is 17.2. The molecule has 2 heterocycles. The van der Waals surface area contributed by atoms with E-state index in [9.17, 15) is 14.4 Å². The van der Waals surface area contributed by atoms with E-state index in [0.29, 0.717) is 24.4 Å². The summed E-state index contributed by atoms with van der Waals surface area (Å²) in [6.45, 7) is 8.07. The number of carbonyl (C=O) groups excluding carboxylic acids is 3. The molecule has 0 aliphatic carbocycles. The third-order valence-electron chi connectivity index (χ3n) is 5.42. The van der Waals surface area contributed by atoms with Crippen LogP contribution in [0.1, 0.15) is 30.1 Å². The SMILES string of the molecule is CCOC(=O)c1ccc(N2C(=O)C[C@H](NCCCN3CCN(C)CC3)C2=O)cc1. The molecule has 2 amide bonds. The molecule has 0 saturated carbocycles. The molecule has 2 aliphatic heterocycles. The van der Waals surface area contributed by atoms with Gasteiger partial charge in [0.15, 0.2) is 0 Å². The summed E-state index contributed by atoms with van der Waals surface area (Å²) in [6.07, 6.45) is 1.10. The molecule has 8 heteroatoms. The van der Waals surface area contributed by atoms with E-state index in [2.05, 4.69) is 22.2 Å².